The molecular weight excluding hydrogens is 428 g/mol. The molecule has 1 aliphatic carbocycles. The van der Waals surface area contributed by atoms with Crippen LogP contribution in [0.4, 0.5) is 9.80 Å². The summed E-state index contributed by atoms with van der Waals surface area (Å²) >= 11 is 1.37. The van der Waals surface area contributed by atoms with E-state index < -0.39 is 17.5 Å². The van der Waals surface area contributed by atoms with Gasteiger partial charge in [0.2, 0.25) is 0 Å². The summed E-state index contributed by atoms with van der Waals surface area (Å²) in [6, 6.07) is 11.2. The number of rotatable bonds is 4. The van der Waals surface area contributed by atoms with Crippen molar-refractivity contribution in [1.82, 2.24) is 15.8 Å². The van der Waals surface area contributed by atoms with Gasteiger partial charge in [0.05, 0.1) is 23.1 Å². The van der Waals surface area contributed by atoms with Crippen LogP contribution < -0.4 is 15.6 Å². The number of ether oxygens (including phenoxy) is 1. The lowest BCUT2D eigenvalue weighted by Crippen LogP contribution is -2.50. The van der Waals surface area contributed by atoms with E-state index >= 15 is 0 Å². The minimum atomic E-state index is -0.869. The van der Waals surface area contributed by atoms with Gasteiger partial charge in [0.25, 0.3) is 11.8 Å². The maximum Gasteiger partial charge on any atom is 0.344 e. The standard InChI is InChI=1S/C23H26N4O4S/c28-19(25-27-21(29)23(24-22(27)30)9-5-2-6-10-23)18-15-17(16-7-3-1-4-8-16)20(32-18)26-11-13-31-14-12-26/h1,3-4,7-8,15H,2,5-6,9-14H2,(H,24,30)(H,25,28). The van der Waals surface area contributed by atoms with Crippen LogP contribution in [0.5, 0.6) is 0 Å². The zero-order chi connectivity index (χ0) is 22.1. The fourth-order valence-electron chi connectivity index (χ4n) is 4.69. The molecule has 3 aliphatic rings. The zero-order valence-electron chi connectivity index (χ0n) is 17.8. The van der Waals surface area contributed by atoms with E-state index in [0.29, 0.717) is 30.9 Å². The number of morpholine rings is 1. The van der Waals surface area contributed by atoms with Gasteiger partial charge in [0, 0.05) is 18.7 Å². The number of amides is 4. The fourth-order valence-corrected chi connectivity index (χ4v) is 5.81. The van der Waals surface area contributed by atoms with Crippen LogP contribution in [-0.2, 0) is 9.53 Å². The van der Waals surface area contributed by atoms with Crippen molar-refractivity contribution in [3.8, 4) is 11.1 Å². The molecule has 8 nitrogen and oxygen atoms in total. The number of hydrogen-bond donors (Lipinski definition) is 2. The summed E-state index contributed by atoms with van der Waals surface area (Å²) in [4.78, 5) is 41.3. The van der Waals surface area contributed by atoms with Gasteiger partial charge in [-0.3, -0.25) is 15.0 Å². The van der Waals surface area contributed by atoms with Gasteiger partial charge >= 0.3 is 6.03 Å². The SMILES string of the molecule is O=C(NN1C(=O)NC2(CCCCC2)C1=O)c1cc(-c2ccccc2)c(N2CCOCC2)s1. The molecule has 1 aromatic carbocycles. The molecule has 2 aromatic rings. The second-order valence-corrected chi connectivity index (χ2v) is 9.48. The van der Waals surface area contributed by atoms with Crippen molar-refractivity contribution in [3.05, 3.63) is 41.3 Å². The number of thiophene rings is 1. The molecule has 1 spiro atoms. The first-order valence-corrected chi connectivity index (χ1v) is 11.9. The maximum absolute atomic E-state index is 13.1. The number of carbonyl (C=O) groups excluding carboxylic acids is 3. The summed E-state index contributed by atoms with van der Waals surface area (Å²) in [7, 11) is 0. The molecule has 168 valence electrons. The number of hydrazine groups is 1. The van der Waals surface area contributed by atoms with Crippen LogP contribution in [0.3, 0.4) is 0 Å². The van der Waals surface area contributed by atoms with Crippen LogP contribution in [0.2, 0.25) is 0 Å². The molecule has 1 aromatic heterocycles. The smallest absolute Gasteiger partial charge is 0.344 e. The van der Waals surface area contributed by atoms with Gasteiger partial charge in [-0.1, -0.05) is 49.6 Å². The Bertz CT molecular complexity index is 1030. The normalized spacial score (nSPS) is 20.5. The van der Waals surface area contributed by atoms with Crippen LogP contribution in [0.25, 0.3) is 11.1 Å². The lowest BCUT2D eigenvalue weighted by Gasteiger charge is -2.30. The number of urea groups is 1. The van der Waals surface area contributed by atoms with Crippen LogP contribution in [0, 0.1) is 0 Å². The molecule has 32 heavy (non-hydrogen) atoms. The predicted molar refractivity (Wildman–Crippen MR) is 121 cm³/mol. The molecular formula is C23H26N4O4S. The Hall–Kier alpha value is -2.91. The number of hydrogen-bond acceptors (Lipinski definition) is 6. The lowest BCUT2D eigenvalue weighted by molar-refractivity contribution is -0.134. The van der Waals surface area contributed by atoms with Gasteiger partial charge in [0.1, 0.15) is 5.54 Å². The number of anilines is 1. The van der Waals surface area contributed by atoms with Crippen LogP contribution in [-0.4, -0.2) is 54.7 Å². The monoisotopic (exact) mass is 454 g/mol. The molecule has 0 atom stereocenters. The van der Waals surface area contributed by atoms with Crippen LogP contribution >= 0.6 is 11.3 Å². The molecule has 0 bridgehead atoms. The van der Waals surface area contributed by atoms with E-state index in [4.69, 9.17) is 4.74 Å². The van der Waals surface area contributed by atoms with Crippen molar-refractivity contribution in [2.24, 2.45) is 0 Å². The average molecular weight is 455 g/mol. The van der Waals surface area contributed by atoms with E-state index in [1.807, 2.05) is 36.4 Å². The zero-order valence-corrected chi connectivity index (χ0v) is 18.6. The van der Waals surface area contributed by atoms with E-state index in [0.717, 1.165) is 53.5 Å². The average Bonchev–Trinajstić information content (AvgIpc) is 3.37. The molecule has 9 heteroatoms. The van der Waals surface area contributed by atoms with E-state index in [1.54, 1.807) is 0 Å². The second-order valence-electron chi connectivity index (χ2n) is 8.45. The third-order valence-electron chi connectivity index (χ3n) is 6.40. The molecule has 0 radical (unpaired) electrons. The summed E-state index contributed by atoms with van der Waals surface area (Å²) in [6.07, 6.45) is 4.06. The highest BCUT2D eigenvalue weighted by atomic mass is 32.1. The second kappa shape index (κ2) is 8.55. The third-order valence-corrected chi connectivity index (χ3v) is 7.60. The first-order valence-electron chi connectivity index (χ1n) is 11.1. The maximum atomic E-state index is 13.1. The number of nitrogens with zero attached hydrogens (tertiary/aromatic N) is 2. The van der Waals surface area contributed by atoms with Gasteiger partial charge in [-0.2, -0.15) is 5.01 Å². The first kappa shape index (κ1) is 21.0. The quantitative estimate of drug-likeness (QED) is 0.693. The molecule has 0 unspecified atom stereocenters. The van der Waals surface area contributed by atoms with Crippen molar-refractivity contribution in [2.75, 3.05) is 31.2 Å². The van der Waals surface area contributed by atoms with Gasteiger partial charge < -0.3 is 15.0 Å². The molecule has 2 aliphatic heterocycles. The highest BCUT2D eigenvalue weighted by Gasteiger charge is 2.52. The summed E-state index contributed by atoms with van der Waals surface area (Å²) in [5.41, 5.74) is 3.67. The Kier molecular flexibility index (Phi) is 5.60. The van der Waals surface area contributed by atoms with Gasteiger partial charge in [-0.25, -0.2) is 4.79 Å². The summed E-state index contributed by atoms with van der Waals surface area (Å²) in [5.74, 6) is -0.813. The number of imide groups is 1. The number of nitrogens with one attached hydrogen (secondary N) is 2. The van der Waals surface area contributed by atoms with E-state index in [2.05, 4.69) is 15.6 Å². The molecule has 4 amide bonds. The van der Waals surface area contributed by atoms with Crippen molar-refractivity contribution < 1.29 is 19.1 Å². The van der Waals surface area contributed by atoms with Gasteiger partial charge in [0.15, 0.2) is 0 Å². The van der Waals surface area contributed by atoms with Crippen molar-refractivity contribution in [1.29, 1.82) is 0 Å². The van der Waals surface area contributed by atoms with Crippen molar-refractivity contribution in [2.45, 2.75) is 37.6 Å². The Labute approximate surface area is 190 Å². The Balaban J connectivity index is 1.41. The van der Waals surface area contributed by atoms with Crippen molar-refractivity contribution in [3.63, 3.8) is 0 Å². The first-order chi connectivity index (χ1) is 15.6. The summed E-state index contributed by atoms with van der Waals surface area (Å²) in [6.45, 7) is 2.77. The summed E-state index contributed by atoms with van der Waals surface area (Å²) < 4.78 is 5.48. The molecule has 3 fully saturated rings. The Morgan fingerprint density at radius 2 is 1.78 bits per heavy atom. The topological polar surface area (TPSA) is 91.0 Å². The Morgan fingerprint density at radius 3 is 2.50 bits per heavy atom. The minimum absolute atomic E-state index is 0.358. The predicted octanol–water partition coefficient (Wildman–Crippen LogP) is 3.15. The minimum Gasteiger partial charge on any atom is -0.378 e. The fraction of sp³-hybridized carbons (Fsp3) is 0.435. The molecule has 5 rings (SSSR count). The Morgan fingerprint density at radius 1 is 1.06 bits per heavy atom. The highest BCUT2D eigenvalue weighted by molar-refractivity contribution is 7.18. The van der Waals surface area contributed by atoms with E-state index in [9.17, 15) is 14.4 Å². The third kappa shape index (κ3) is 3.75. The van der Waals surface area contributed by atoms with Crippen LogP contribution in [0.1, 0.15) is 41.8 Å². The molecule has 1 saturated carbocycles. The van der Waals surface area contributed by atoms with E-state index in [1.165, 1.54) is 11.3 Å². The lowest BCUT2D eigenvalue weighted by atomic mass is 9.82. The largest absolute Gasteiger partial charge is 0.378 e. The molecule has 2 N–H and O–H groups in total. The van der Waals surface area contributed by atoms with Gasteiger partial charge in [-0.15, -0.1) is 11.3 Å². The number of benzene rings is 1. The van der Waals surface area contributed by atoms with Crippen LogP contribution in [0.15, 0.2) is 36.4 Å². The molecule has 3 heterocycles. The summed E-state index contributed by atoms with van der Waals surface area (Å²) in [5, 5.41) is 4.68. The van der Waals surface area contributed by atoms with E-state index in [-0.39, 0.29) is 5.91 Å². The van der Waals surface area contributed by atoms with Crippen molar-refractivity contribution >= 4 is 34.2 Å². The number of carbonyl (C=O) groups is 3. The highest BCUT2D eigenvalue weighted by Crippen LogP contribution is 2.39. The molecule has 2 saturated heterocycles. The van der Waals surface area contributed by atoms with Gasteiger partial charge in [-0.05, 0) is 24.5 Å².